The molecule has 2 N–H and O–H groups in total. The molecule has 2 unspecified atom stereocenters. The second-order valence-corrected chi connectivity index (χ2v) is 6.66. The van der Waals surface area contributed by atoms with Gasteiger partial charge in [0.1, 0.15) is 0 Å². The molecular weight excluding hydrogens is 282 g/mol. The monoisotopic (exact) mass is 309 g/mol. The van der Waals surface area contributed by atoms with Crippen LogP contribution < -0.4 is 10.6 Å². The van der Waals surface area contributed by atoms with E-state index in [0.717, 1.165) is 24.5 Å². The van der Waals surface area contributed by atoms with Gasteiger partial charge in [0.25, 0.3) is 0 Å². The molecule has 2 rings (SSSR count). The van der Waals surface area contributed by atoms with Crippen molar-refractivity contribution in [3.8, 4) is 0 Å². The first-order chi connectivity index (χ1) is 10.1. The first kappa shape index (κ1) is 16.8. The third-order valence-corrected chi connectivity index (χ3v) is 4.99. The first-order valence-electron chi connectivity index (χ1n) is 7.92. The molecule has 0 saturated heterocycles. The Bertz CT molecular complexity index is 449. The predicted octanol–water partition coefficient (Wildman–Crippen LogP) is 2.85. The highest BCUT2D eigenvalue weighted by atomic mass is 35.5. The van der Waals surface area contributed by atoms with Crippen molar-refractivity contribution in [2.45, 2.75) is 37.3 Å². The third kappa shape index (κ3) is 3.78. The fraction of sp³-hybridized carbons (Fsp3) is 0.647. The maximum atomic E-state index is 6.50. The Morgan fingerprint density at radius 1 is 1.29 bits per heavy atom. The van der Waals surface area contributed by atoms with Gasteiger partial charge in [0.15, 0.2) is 0 Å². The summed E-state index contributed by atoms with van der Waals surface area (Å²) in [6.07, 6.45) is 4.86. The van der Waals surface area contributed by atoms with Crippen LogP contribution >= 0.6 is 11.6 Å². The van der Waals surface area contributed by atoms with E-state index in [4.69, 9.17) is 11.6 Å². The number of nitrogens with one attached hydrogen (secondary N) is 2. The van der Waals surface area contributed by atoms with Crippen molar-refractivity contribution in [2.24, 2.45) is 0 Å². The SMILES string of the molecule is CNC1(c2ccccc2Cl)CCCCC1NCCN(C)C. The highest BCUT2D eigenvalue weighted by Crippen LogP contribution is 2.40. The molecule has 0 amide bonds. The summed E-state index contributed by atoms with van der Waals surface area (Å²) in [5.41, 5.74) is 1.18. The topological polar surface area (TPSA) is 27.3 Å². The van der Waals surface area contributed by atoms with Crippen LogP contribution in [0.3, 0.4) is 0 Å². The molecule has 0 bridgehead atoms. The average molecular weight is 310 g/mol. The molecule has 1 aromatic carbocycles. The quantitative estimate of drug-likeness (QED) is 0.846. The molecule has 0 aromatic heterocycles. The molecule has 21 heavy (non-hydrogen) atoms. The van der Waals surface area contributed by atoms with E-state index in [0.29, 0.717) is 6.04 Å². The Labute approximate surface area is 134 Å². The molecular formula is C17H28ClN3. The Hall–Kier alpha value is -0.610. The van der Waals surface area contributed by atoms with Gasteiger partial charge in [0.05, 0.1) is 5.54 Å². The molecule has 118 valence electrons. The summed E-state index contributed by atoms with van der Waals surface area (Å²) in [7, 11) is 6.29. The number of nitrogens with zero attached hydrogens (tertiary/aromatic N) is 1. The van der Waals surface area contributed by atoms with E-state index in [1.807, 2.05) is 12.1 Å². The lowest BCUT2D eigenvalue weighted by atomic mass is 9.72. The fourth-order valence-electron chi connectivity index (χ4n) is 3.49. The molecule has 3 nitrogen and oxygen atoms in total. The smallest absolute Gasteiger partial charge is 0.0602 e. The second-order valence-electron chi connectivity index (χ2n) is 6.26. The van der Waals surface area contributed by atoms with Crippen LogP contribution in [0.5, 0.6) is 0 Å². The maximum absolute atomic E-state index is 6.50. The van der Waals surface area contributed by atoms with Crippen LogP contribution in [-0.2, 0) is 5.54 Å². The van der Waals surface area contributed by atoms with Gasteiger partial charge in [-0.3, -0.25) is 0 Å². The molecule has 0 radical (unpaired) electrons. The Morgan fingerprint density at radius 3 is 2.71 bits per heavy atom. The van der Waals surface area contributed by atoms with Crippen molar-refractivity contribution < 1.29 is 0 Å². The molecule has 0 spiro atoms. The zero-order valence-electron chi connectivity index (χ0n) is 13.5. The van der Waals surface area contributed by atoms with E-state index in [1.165, 1.54) is 24.8 Å². The van der Waals surface area contributed by atoms with Crippen LogP contribution in [0.4, 0.5) is 0 Å². The van der Waals surface area contributed by atoms with Crippen molar-refractivity contribution in [1.82, 2.24) is 15.5 Å². The van der Waals surface area contributed by atoms with Crippen LogP contribution in [0.2, 0.25) is 5.02 Å². The molecule has 1 aliphatic carbocycles. The van der Waals surface area contributed by atoms with Gasteiger partial charge in [-0.2, -0.15) is 0 Å². The van der Waals surface area contributed by atoms with Crippen LogP contribution in [0, 0.1) is 0 Å². The minimum Gasteiger partial charge on any atom is -0.311 e. The Morgan fingerprint density at radius 2 is 2.05 bits per heavy atom. The molecule has 1 saturated carbocycles. The molecule has 1 aliphatic rings. The minimum absolute atomic E-state index is 0.0527. The van der Waals surface area contributed by atoms with E-state index >= 15 is 0 Å². The van der Waals surface area contributed by atoms with E-state index < -0.39 is 0 Å². The summed E-state index contributed by atoms with van der Waals surface area (Å²) in [6, 6.07) is 8.70. The number of hydrogen-bond acceptors (Lipinski definition) is 3. The summed E-state index contributed by atoms with van der Waals surface area (Å²) in [5, 5.41) is 8.23. The standard InChI is InChI=1S/C17H28ClN3/c1-19-17(14-8-4-5-9-15(14)18)11-7-6-10-16(17)20-12-13-21(2)3/h4-5,8-9,16,19-20H,6-7,10-13H2,1-3H3. The van der Waals surface area contributed by atoms with Gasteiger partial charge in [0, 0.05) is 24.2 Å². The van der Waals surface area contributed by atoms with Crippen LogP contribution in [0.1, 0.15) is 31.2 Å². The van der Waals surface area contributed by atoms with Crippen molar-refractivity contribution in [1.29, 1.82) is 0 Å². The lowest BCUT2D eigenvalue weighted by Crippen LogP contribution is -2.58. The van der Waals surface area contributed by atoms with Gasteiger partial charge in [-0.05, 0) is 45.6 Å². The van der Waals surface area contributed by atoms with Gasteiger partial charge in [0.2, 0.25) is 0 Å². The van der Waals surface area contributed by atoms with Gasteiger partial charge < -0.3 is 15.5 Å². The normalized spacial score (nSPS) is 26.2. The molecule has 1 fully saturated rings. The zero-order valence-corrected chi connectivity index (χ0v) is 14.2. The number of rotatable bonds is 6. The van der Waals surface area contributed by atoms with Crippen LogP contribution in [0.15, 0.2) is 24.3 Å². The maximum Gasteiger partial charge on any atom is 0.0602 e. The number of likely N-dealkylation sites (N-methyl/N-ethyl adjacent to an activating group) is 2. The van der Waals surface area contributed by atoms with E-state index in [1.54, 1.807) is 0 Å². The van der Waals surface area contributed by atoms with Gasteiger partial charge in [-0.25, -0.2) is 0 Å². The number of halogens is 1. The summed E-state index contributed by atoms with van der Waals surface area (Å²) >= 11 is 6.50. The fourth-order valence-corrected chi connectivity index (χ4v) is 3.80. The second kappa shape index (κ2) is 7.59. The summed E-state index contributed by atoms with van der Waals surface area (Å²) in [6.45, 7) is 2.06. The van der Waals surface area contributed by atoms with Crippen molar-refractivity contribution in [3.05, 3.63) is 34.9 Å². The molecule has 0 aliphatic heterocycles. The first-order valence-corrected chi connectivity index (χ1v) is 8.30. The van der Waals surface area contributed by atoms with Crippen molar-refractivity contribution in [3.63, 3.8) is 0 Å². The zero-order chi connectivity index (χ0) is 15.3. The Balaban J connectivity index is 2.22. The van der Waals surface area contributed by atoms with E-state index in [9.17, 15) is 0 Å². The third-order valence-electron chi connectivity index (χ3n) is 4.66. The molecule has 2 atom stereocenters. The van der Waals surface area contributed by atoms with Crippen molar-refractivity contribution in [2.75, 3.05) is 34.2 Å². The van der Waals surface area contributed by atoms with Gasteiger partial charge in [-0.15, -0.1) is 0 Å². The average Bonchev–Trinajstić information content (AvgIpc) is 2.48. The van der Waals surface area contributed by atoms with E-state index in [-0.39, 0.29) is 5.54 Å². The number of hydrogen-bond donors (Lipinski definition) is 2. The molecule has 0 heterocycles. The molecule has 4 heteroatoms. The van der Waals surface area contributed by atoms with E-state index in [2.05, 4.69) is 48.8 Å². The van der Waals surface area contributed by atoms with Crippen molar-refractivity contribution >= 4 is 11.6 Å². The van der Waals surface area contributed by atoms with Gasteiger partial charge in [-0.1, -0.05) is 42.6 Å². The number of benzene rings is 1. The lowest BCUT2D eigenvalue weighted by molar-refractivity contribution is 0.175. The molecule has 1 aromatic rings. The minimum atomic E-state index is -0.0527. The lowest BCUT2D eigenvalue weighted by Gasteiger charge is -2.45. The highest BCUT2D eigenvalue weighted by Gasteiger charge is 2.41. The van der Waals surface area contributed by atoms with Crippen LogP contribution in [0.25, 0.3) is 0 Å². The Kier molecular flexibility index (Phi) is 6.06. The summed E-state index contributed by atoms with van der Waals surface area (Å²) < 4.78 is 0. The summed E-state index contributed by atoms with van der Waals surface area (Å²) in [5.74, 6) is 0. The predicted molar refractivity (Wildman–Crippen MR) is 91.0 cm³/mol. The highest BCUT2D eigenvalue weighted by molar-refractivity contribution is 6.31. The van der Waals surface area contributed by atoms with Gasteiger partial charge >= 0.3 is 0 Å². The largest absolute Gasteiger partial charge is 0.311 e. The van der Waals surface area contributed by atoms with Crippen LogP contribution in [-0.4, -0.2) is 45.2 Å². The summed E-state index contributed by atoms with van der Waals surface area (Å²) in [4.78, 5) is 2.21.